The van der Waals surface area contributed by atoms with E-state index in [9.17, 15) is 23.3 Å². The highest BCUT2D eigenvalue weighted by molar-refractivity contribution is 7.89. The number of amides is 1. The van der Waals surface area contributed by atoms with Crippen molar-refractivity contribution in [3.63, 3.8) is 0 Å². The van der Waals surface area contributed by atoms with Gasteiger partial charge in [0.15, 0.2) is 0 Å². The minimum absolute atomic E-state index is 0.0494. The Hall–Kier alpha value is -2.78. The summed E-state index contributed by atoms with van der Waals surface area (Å²) < 4.78 is 26.6. The molecule has 9 heteroatoms. The van der Waals surface area contributed by atoms with Crippen LogP contribution in [-0.4, -0.2) is 25.3 Å². The smallest absolute Gasteiger partial charge is 0.274 e. The van der Waals surface area contributed by atoms with E-state index in [4.69, 9.17) is 0 Å². The van der Waals surface area contributed by atoms with Gasteiger partial charge in [-0.15, -0.1) is 0 Å². The van der Waals surface area contributed by atoms with E-state index < -0.39 is 26.9 Å². The summed E-state index contributed by atoms with van der Waals surface area (Å²) in [5.41, 5.74) is 0.222. The second-order valence-corrected chi connectivity index (χ2v) is 6.97. The predicted octanol–water partition coefficient (Wildman–Crippen LogP) is 1.58. The van der Waals surface area contributed by atoms with Crippen molar-refractivity contribution in [2.75, 3.05) is 0 Å². The van der Waals surface area contributed by atoms with Crippen LogP contribution >= 0.6 is 0 Å². The molecule has 2 aromatic rings. The Morgan fingerprint density at radius 3 is 2.36 bits per heavy atom. The Morgan fingerprint density at radius 1 is 1.12 bits per heavy atom. The molecule has 1 amide bonds. The number of hydrogen-bond acceptors (Lipinski definition) is 5. The van der Waals surface area contributed by atoms with Gasteiger partial charge in [0.05, 0.1) is 15.9 Å². The normalized spacial score (nSPS) is 12.4. The summed E-state index contributed by atoms with van der Waals surface area (Å²) in [5.74, 6) is -0.586. The summed E-state index contributed by atoms with van der Waals surface area (Å²) in [6, 6.07) is 12.6. The number of hydrogen-bond donors (Lipinski definition) is 2. The van der Waals surface area contributed by atoms with E-state index in [1.807, 2.05) is 0 Å². The van der Waals surface area contributed by atoms with E-state index in [1.54, 1.807) is 24.3 Å². The zero-order valence-corrected chi connectivity index (χ0v) is 14.2. The predicted molar refractivity (Wildman–Crippen MR) is 91.2 cm³/mol. The molecule has 0 spiro atoms. The van der Waals surface area contributed by atoms with Crippen LogP contribution in [0.15, 0.2) is 59.5 Å². The first-order chi connectivity index (χ1) is 11.8. The van der Waals surface area contributed by atoms with Gasteiger partial charge in [-0.3, -0.25) is 14.9 Å². The fraction of sp³-hybridized carbons (Fsp3) is 0.188. The average Bonchev–Trinajstić information content (AvgIpc) is 2.60. The van der Waals surface area contributed by atoms with Crippen LogP contribution in [0.3, 0.4) is 0 Å². The summed E-state index contributed by atoms with van der Waals surface area (Å²) in [6.07, 6.45) is 0. The van der Waals surface area contributed by atoms with Crippen LogP contribution in [0.25, 0.3) is 0 Å². The van der Waals surface area contributed by atoms with Crippen molar-refractivity contribution < 1.29 is 18.1 Å². The minimum Gasteiger partial charge on any atom is -0.350 e. The van der Waals surface area contributed by atoms with Crippen molar-refractivity contribution in [2.24, 2.45) is 0 Å². The van der Waals surface area contributed by atoms with E-state index in [0.29, 0.717) is 5.56 Å². The summed E-state index contributed by atoms with van der Waals surface area (Å²) in [5, 5.41) is 13.4. The third-order valence-electron chi connectivity index (χ3n) is 3.42. The summed E-state index contributed by atoms with van der Waals surface area (Å²) in [7, 11) is -3.83. The molecule has 0 heterocycles. The van der Waals surface area contributed by atoms with E-state index in [0.717, 1.165) is 0 Å². The lowest BCUT2D eigenvalue weighted by Crippen LogP contribution is -2.44. The number of nitrogens with zero attached hydrogens (tertiary/aromatic N) is 1. The van der Waals surface area contributed by atoms with Crippen LogP contribution in [0.2, 0.25) is 0 Å². The molecule has 2 aromatic carbocycles. The van der Waals surface area contributed by atoms with Gasteiger partial charge in [-0.1, -0.05) is 36.4 Å². The van der Waals surface area contributed by atoms with Crippen molar-refractivity contribution in [2.45, 2.75) is 24.4 Å². The van der Waals surface area contributed by atoms with E-state index in [1.165, 1.54) is 37.3 Å². The first-order valence-electron chi connectivity index (χ1n) is 7.38. The van der Waals surface area contributed by atoms with Crippen LogP contribution in [0, 0.1) is 10.1 Å². The number of rotatable bonds is 7. The molecule has 0 fully saturated rings. The molecule has 0 bridgehead atoms. The van der Waals surface area contributed by atoms with E-state index >= 15 is 0 Å². The standard InChI is InChI=1S/C16H17N3O5S/c1-12(18-25(23,24)14-8-3-2-4-9-14)16(20)17-11-13-7-5-6-10-15(13)19(21)22/h2-10,12,18H,11H2,1H3,(H,17,20)/t12-/m0/s1. The van der Waals surface area contributed by atoms with Gasteiger partial charge in [0.25, 0.3) is 5.69 Å². The molecule has 8 nitrogen and oxygen atoms in total. The summed E-state index contributed by atoms with van der Waals surface area (Å²) in [4.78, 5) is 22.6. The highest BCUT2D eigenvalue weighted by Crippen LogP contribution is 2.17. The number of carbonyl (C=O) groups is 1. The molecule has 2 rings (SSSR count). The van der Waals surface area contributed by atoms with Gasteiger partial charge in [0.1, 0.15) is 0 Å². The monoisotopic (exact) mass is 363 g/mol. The molecule has 0 aromatic heterocycles. The zero-order valence-electron chi connectivity index (χ0n) is 13.4. The number of nitro benzene ring substituents is 1. The average molecular weight is 363 g/mol. The van der Waals surface area contributed by atoms with Crippen molar-refractivity contribution in [1.29, 1.82) is 0 Å². The quantitative estimate of drug-likeness (QED) is 0.572. The highest BCUT2D eigenvalue weighted by Gasteiger charge is 2.22. The van der Waals surface area contributed by atoms with Gasteiger partial charge >= 0.3 is 0 Å². The Kier molecular flexibility index (Phi) is 5.84. The van der Waals surface area contributed by atoms with Gasteiger partial charge in [0, 0.05) is 18.2 Å². The van der Waals surface area contributed by atoms with E-state index in [-0.39, 0.29) is 17.1 Å². The molecule has 0 aliphatic carbocycles. The van der Waals surface area contributed by atoms with Crippen LogP contribution < -0.4 is 10.0 Å². The maximum atomic E-state index is 12.2. The third-order valence-corrected chi connectivity index (χ3v) is 4.98. The van der Waals surface area contributed by atoms with Crippen LogP contribution in [-0.2, 0) is 21.4 Å². The maximum absolute atomic E-state index is 12.2. The number of carbonyl (C=O) groups excluding carboxylic acids is 1. The second kappa shape index (κ2) is 7.86. The third kappa shape index (κ3) is 4.85. The van der Waals surface area contributed by atoms with Crippen molar-refractivity contribution in [3.8, 4) is 0 Å². The first-order valence-corrected chi connectivity index (χ1v) is 8.87. The van der Waals surface area contributed by atoms with Crippen LogP contribution in [0.4, 0.5) is 5.69 Å². The highest BCUT2D eigenvalue weighted by atomic mass is 32.2. The van der Waals surface area contributed by atoms with Crippen LogP contribution in [0.1, 0.15) is 12.5 Å². The number of benzene rings is 2. The molecule has 132 valence electrons. The largest absolute Gasteiger partial charge is 0.350 e. The van der Waals surface area contributed by atoms with Gasteiger partial charge in [0.2, 0.25) is 15.9 Å². The fourth-order valence-electron chi connectivity index (χ4n) is 2.13. The van der Waals surface area contributed by atoms with Crippen molar-refractivity contribution >= 4 is 21.6 Å². The molecular weight excluding hydrogens is 346 g/mol. The number of para-hydroxylation sites is 1. The second-order valence-electron chi connectivity index (χ2n) is 5.26. The zero-order chi connectivity index (χ0) is 18.4. The lowest BCUT2D eigenvalue weighted by molar-refractivity contribution is -0.385. The summed E-state index contributed by atoms with van der Waals surface area (Å²) >= 11 is 0. The number of sulfonamides is 1. The molecule has 0 unspecified atom stereocenters. The Morgan fingerprint density at radius 2 is 1.72 bits per heavy atom. The molecule has 0 saturated carbocycles. The molecule has 0 aliphatic rings. The molecular formula is C16H17N3O5S. The van der Waals surface area contributed by atoms with Gasteiger partial charge in [-0.05, 0) is 19.1 Å². The van der Waals surface area contributed by atoms with Crippen molar-refractivity contribution in [1.82, 2.24) is 10.0 Å². The lowest BCUT2D eigenvalue weighted by Gasteiger charge is -2.14. The number of nitro groups is 1. The van der Waals surface area contributed by atoms with Crippen LogP contribution in [0.5, 0.6) is 0 Å². The molecule has 0 saturated heterocycles. The first kappa shape index (κ1) is 18.6. The maximum Gasteiger partial charge on any atom is 0.274 e. The van der Waals surface area contributed by atoms with Gasteiger partial charge < -0.3 is 5.32 Å². The Bertz CT molecular complexity index is 868. The fourth-order valence-corrected chi connectivity index (χ4v) is 3.35. The molecule has 0 aliphatic heterocycles. The molecule has 25 heavy (non-hydrogen) atoms. The number of nitrogens with one attached hydrogen (secondary N) is 2. The Labute approximate surface area is 145 Å². The topological polar surface area (TPSA) is 118 Å². The minimum atomic E-state index is -3.83. The molecule has 2 N–H and O–H groups in total. The van der Waals surface area contributed by atoms with E-state index in [2.05, 4.69) is 10.0 Å². The van der Waals surface area contributed by atoms with Gasteiger partial charge in [-0.2, -0.15) is 4.72 Å². The van der Waals surface area contributed by atoms with Gasteiger partial charge in [-0.25, -0.2) is 8.42 Å². The summed E-state index contributed by atoms with van der Waals surface area (Å²) in [6.45, 7) is 1.32. The SMILES string of the molecule is C[C@H](NS(=O)(=O)c1ccccc1)C(=O)NCc1ccccc1[N+](=O)[O-]. The molecule has 0 radical (unpaired) electrons. The van der Waals surface area contributed by atoms with Crippen molar-refractivity contribution in [3.05, 3.63) is 70.3 Å². The molecule has 1 atom stereocenters. The lowest BCUT2D eigenvalue weighted by atomic mass is 10.2. The Balaban J connectivity index is 2.01.